The minimum absolute atomic E-state index is 0.115. The Morgan fingerprint density at radius 2 is 2.07 bits per heavy atom. The van der Waals surface area contributed by atoms with E-state index in [0.29, 0.717) is 18.5 Å². The van der Waals surface area contributed by atoms with E-state index in [0.717, 1.165) is 36.7 Å². The summed E-state index contributed by atoms with van der Waals surface area (Å²) in [6.07, 6.45) is 3.16. The summed E-state index contributed by atoms with van der Waals surface area (Å²) in [6, 6.07) is 5.40. The van der Waals surface area contributed by atoms with E-state index in [1.807, 2.05) is 12.1 Å². The lowest BCUT2D eigenvalue weighted by Gasteiger charge is -2.53. The third-order valence-electron chi connectivity index (χ3n) is 6.51. The van der Waals surface area contributed by atoms with Crippen LogP contribution in [0.3, 0.4) is 0 Å². The van der Waals surface area contributed by atoms with Crippen molar-refractivity contribution in [1.29, 1.82) is 0 Å². The van der Waals surface area contributed by atoms with Crippen molar-refractivity contribution in [3.8, 4) is 0 Å². The van der Waals surface area contributed by atoms with Gasteiger partial charge in [-0.3, -0.25) is 19.7 Å². The molecule has 4 aliphatic heterocycles. The Labute approximate surface area is 157 Å². The standard InChI is InChI=1S/C20H24N4O3/c25-17-4-3-16(18(26)23-17)24-10-14-5-12(1-2-15(14)19(24)27)9-22-20-6-13(7-20)8-21-11-20/h1-2,5,13,16,21-22H,3-4,6-11H2,(H,23,25,26). The van der Waals surface area contributed by atoms with Crippen LogP contribution in [0.5, 0.6) is 0 Å². The van der Waals surface area contributed by atoms with Gasteiger partial charge in [-0.1, -0.05) is 12.1 Å². The average molecular weight is 368 g/mol. The number of amides is 3. The number of piperidine rings is 3. The number of hydrogen-bond acceptors (Lipinski definition) is 5. The van der Waals surface area contributed by atoms with Crippen LogP contribution in [0, 0.1) is 5.92 Å². The van der Waals surface area contributed by atoms with Crippen molar-refractivity contribution in [3.05, 3.63) is 34.9 Å². The van der Waals surface area contributed by atoms with Crippen molar-refractivity contribution in [1.82, 2.24) is 20.9 Å². The Morgan fingerprint density at radius 3 is 2.81 bits per heavy atom. The SMILES string of the molecule is O=C1CCC(N2Cc3cc(CNC45CNCC(C4)C5)ccc3C2=O)C(=O)N1. The summed E-state index contributed by atoms with van der Waals surface area (Å²) in [4.78, 5) is 37.8. The zero-order valence-corrected chi connectivity index (χ0v) is 15.2. The third kappa shape index (κ3) is 2.85. The van der Waals surface area contributed by atoms with E-state index in [1.54, 1.807) is 4.90 Å². The van der Waals surface area contributed by atoms with Gasteiger partial charge in [0.05, 0.1) is 0 Å². The van der Waals surface area contributed by atoms with Gasteiger partial charge in [0, 0.05) is 37.2 Å². The molecule has 4 fully saturated rings. The zero-order chi connectivity index (χ0) is 18.6. The van der Waals surface area contributed by atoms with Crippen LogP contribution in [0.2, 0.25) is 0 Å². The topological polar surface area (TPSA) is 90.5 Å². The Hall–Kier alpha value is -2.25. The number of rotatable bonds is 4. The molecule has 1 atom stereocenters. The molecule has 6 rings (SSSR count). The summed E-state index contributed by atoms with van der Waals surface area (Å²) in [7, 11) is 0. The third-order valence-corrected chi connectivity index (χ3v) is 6.51. The van der Waals surface area contributed by atoms with Gasteiger partial charge >= 0.3 is 0 Å². The minimum Gasteiger partial charge on any atom is -0.322 e. The molecule has 3 N–H and O–H groups in total. The number of carbonyl (C=O) groups is 3. The summed E-state index contributed by atoms with van der Waals surface area (Å²) in [6.45, 7) is 3.38. The van der Waals surface area contributed by atoms with Crippen LogP contribution >= 0.6 is 0 Å². The number of hydrogen-bond donors (Lipinski definition) is 3. The molecule has 5 aliphatic rings. The lowest BCUT2D eigenvalue weighted by atomic mass is 9.65. The summed E-state index contributed by atoms with van der Waals surface area (Å²) in [5.74, 6) is 0.0724. The molecule has 0 spiro atoms. The van der Waals surface area contributed by atoms with Gasteiger partial charge in [-0.05, 0) is 48.9 Å². The second-order valence-electron chi connectivity index (χ2n) is 8.43. The quantitative estimate of drug-likeness (QED) is 0.665. The Kier molecular flexibility index (Phi) is 3.84. The first-order chi connectivity index (χ1) is 13.0. The molecule has 1 aliphatic carbocycles. The van der Waals surface area contributed by atoms with E-state index in [2.05, 4.69) is 22.0 Å². The highest BCUT2D eigenvalue weighted by Crippen LogP contribution is 2.40. The van der Waals surface area contributed by atoms with Gasteiger partial charge in [0.1, 0.15) is 6.04 Å². The molecule has 1 unspecified atom stereocenters. The Bertz CT molecular complexity index is 825. The van der Waals surface area contributed by atoms with Crippen molar-refractivity contribution in [3.63, 3.8) is 0 Å². The Morgan fingerprint density at radius 1 is 1.22 bits per heavy atom. The first kappa shape index (κ1) is 16.9. The maximum absolute atomic E-state index is 12.7. The highest BCUT2D eigenvalue weighted by Gasteiger charge is 2.46. The van der Waals surface area contributed by atoms with Crippen LogP contribution in [0.15, 0.2) is 18.2 Å². The van der Waals surface area contributed by atoms with Crippen LogP contribution in [0.1, 0.15) is 47.2 Å². The number of carbonyl (C=O) groups excluding carboxylic acids is 3. The molecular weight excluding hydrogens is 344 g/mol. The van der Waals surface area contributed by atoms with Crippen molar-refractivity contribution in [2.75, 3.05) is 13.1 Å². The molecule has 1 saturated carbocycles. The number of nitrogens with one attached hydrogen (secondary N) is 3. The molecule has 7 nitrogen and oxygen atoms in total. The van der Waals surface area contributed by atoms with Gasteiger partial charge in [0.15, 0.2) is 0 Å². The van der Waals surface area contributed by atoms with E-state index in [-0.39, 0.29) is 29.7 Å². The molecular formula is C20H24N4O3. The van der Waals surface area contributed by atoms with Gasteiger partial charge in [-0.25, -0.2) is 0 Å². The maximum atomic E-state index is 12.7. The Balaban J connectivity index is 1.27. The van der Waals surface area contributed by atoms with Gasteiger partial charge in [0.25, 0.3) is 5.91 Å². The van der Waals surface area contributed by atoms with Gasteiger partial charge in [0.2, 0.25) is 11.8 Å². The molecule has 3 amide bonds. The van der Waals surface area contributed by atoms with Crippen LogP contribution in [-0.4, -0.2) is 47.3 Å². The van der Waals surface area contributed by atoms with E-state index in [4.69, 9.17) is 0 Å². The molecule has 3 saturated heterocycles. The summed E-state index contributed by atoms with van der Waals surface area (Å²) < 4.78 is 0. The molecule has 1 aromatic carbocycles. The largest absolute Gasteiger partial charge is 0.322 e. The zero-order valence-electron chi connectivity index (χ0n) is 15.2. The lowest BCUT2D eigenvalue weighted by Crippen LogP contribution is -2.66. The smallest absolute Gasteiger partial charge is 0.255 e. The first-order valence-corrected chi connectivity index (χ1v) is 9.75. The van der Waals surface area contributed by atoms with Gasteiger partial charge in [-0.2, -0.15) is 0 Å². The van der Waals surface area contributed by atoms with E-state index < -0.39 is 6.04 Å². The van der Waals surface area contributed by atoms with Crippen LogP contribution in [0.4, 0.5) is 0 Å². The molecule has 4 heterocycles. The molecule has 0 radical (unpaired) electrons. The maximum Gasteiger partial charge on any atom is 0.255 e. The summed E-state index contributed by atoms with van der Waals surface area (Å²) in [5, 5.41) is 9.53. The average Bonchev–Trinajstić information content (AvgIpc) is 2.96. The summed E-state index contributed by atoms with van der Waals surface area (Å²) >= 11 is 0. The number of imide groups is 1. The number of nitrogens with zero attached hydrogens (tertiary/aromatic N) is 1. The van der Waals surface area contributed by atoms with Crippen molar-refractivity contribution in [2.24, 2.45) is 5.92 Å². The molecule has 142 valence electrons. The lowest BCUT2D eigenvalue weighted by molar-refractivity contribution is -0.136. The van der Waals surface area contributed by atoms with Gasteiger partial charge < -0.3 is 15.5 Å². The molecule has 0 aromatic heterocycles. The predicted octanol–water partition coefficient (Wildman–Crippen LogP) is 0.289. The fraction of sp³-hybridized carbons (Fsp3) is 0.550. The second-order valence-corrected chi connectivity index (χ2v) is 8.43. The van der Waals surface area contributed by atoms with Crippen molar-refractivity contribution >= 4 is 17.7 Å². The molecule has 27 heavy (non-hydrogen) atoms. The summed E-state index contributed by atoms with van der Waals surface area (Å²) in [5.41, 5.74) is 3.03. The minimum atomic E-state index is -0.553. The van der Waals surface area contributed by atoms with Gasteiger partial charge in [-0.15, -0.1) is 0 Å². The highest BCUT2D eigenvalue weighted by atomic mass is 16.2. The van der Waals surface area contributed by atoms with Crippen LogP contribution in [-0.2, 0) is 22.7 Å². The molecule has 7 heteroatoms. The molecule has 2 bridgehead atoms. The first-order valence-electron chi connectivity index (χ1n) is 9.75. The fourth-order valence-electron chi connectivity index (χ4n) is 5.08. The van der Waals surface area contributed by atoms with Crippen LogP contribution in [0.25, 0.3) is 0 Å². The monoisotopic (exact) mass is 368 g/mol. The second kappa shape index (κ2) is 6.14. The van der Waals surface area contributed by atoms with E-state index >= 15 is 0 Å². The van der Waals surface area contributed by atoms with Crippen molar-refractivity contribution < 1.29 is 14.4 Å². The predicted molar refractivity (Wildman–Crippen MR) is 97.7 cm³/mol. The highest BCUT2D eigenvalue weighted by molar-refractivity contribution is 6.05. The van der Waals surface area contributed by atoms with E-state index in [1.165, 1.54) is 12.8 Å². The van der Waals surface area contributed by atoms with Crippen molar-refractivity contribution in [2.45, 2.75) is 50.4 Å². The van der Waals surface area contributed by atoms with E-state index in [9.17, 15) is 14.4 Å². The number of benzene rings is 1. The fourth-order valence-corrected chi connectivity index (χ4v) is 5.08. The normalized spacial score (nSPS) is 32.1. The number of fused-ring (bicyclic) bond motifs is 3. The molecule has 1 aromatic rings. The van der Waals surface area contributed by atoms with Crippen LogP contribution < -0.4 is 16.0 Å².